The topological polar surface area (TPSA) is 105 Å². The number of anilines is 2. The zero-order valence-corrected chi connectivity index (χ0v) is 17.7. The molecule has 34 heavy (non-hydrogen) atoms. The van der Waals surface area contributed by atoms with E-state index in [0.717, 1.165) is 4.90 Å². The molecule has 0 atom stereocenters. The second-order valence-corrected chi connectivity index (χ2v) is 7.17. The molecule has 8 nitrogen and oxygen atoms in total. The van der Waals surface area contributed by atoms with E-state index in [1.54, 1.807) is 54.6 Å². The Hall–Kier alpha value is -4.79. The lowest BCUT2D eigenvalue weighted by Crippen LogP contribution is -2.54. The first-order chi connectivity index (χ1) is 16.4. The van der Waals surface area contributed by atoms with E-state index < -0.39 is 29.6 Å². The van der Waals surface area contributed by atoms with Crippen molar-refractivity contribution in [2.24, 2.45) is 0 Å². The summed E-state index contributed by atoms with van der Waals surface area (Å²) in [6.45, 7) is -0.369. The molecular formula is C25H18FN3O5. The zero-order valence-electron chi connectivity index (χ0n) is 17.7. The molecule has 0 unspecified atom stereocenters. The fourth-order valence-electron chi connectivity index (χ4n) is 3.23. The van der Waals surface area contributed by atoms with Crippen LogP contribution in [0, 0.1) is 5.82 Å². The number of halogens is 1. The second-order valence-electron chi connectivity index (χ2n) is 7.17. The molecule has 0 aliphatic carbocycles. The van der Waals surface area contributed by atoms with Gasteiger partial charge in [-0.25, -0.2) is 14.1 Å². The van der Waals surface area contributed by atoms with Crippen LogP contribution in [0.3, 0.4) is 0 Å². The summed E-state index contributed by atoms with van der Waals surface area (Å²) in [4.78, 5) is 50.8. The third-order valence-electron chi connectivity index (χ3n) is 4.82. The normalized spacial score (nSPS) is 14.7. The van der Waals surface area contributed by atoms with E-state index in [4.69, 9.17) is 4.74 Å². The molecule has 5 amide bonds. The summed E-state index contributed by atoms with van der Waals surface area (Å²) in [5, 5.41) is 4.73. The third-order valence-corrected chi connectivity index (χ3v) is 4.82. The van der Waals surface area contributed by atoms with Gasteiger partial charge in [0, 0.05) is 11.3 Å². The molecule has 2 N–H and O–H groups in total. The van der Waals surface area contributed by atoms with Crippen molar-refractivity contribution in [2.75, 3.05) is 16.8 Å². The van der Waals surface area contributed by atoms with E-state index >= 15 is 0 Å². The SMILES string of the molecule is O=C(COc1ccccc1C=C1C(=O)NC(=O)N(c2ccccc2)C1=O)Nc1ccc(F)cc1. The summed E-state index contributed by atoms with van der Waals surface area (Å²) < 4.78 is 18.6. The molecule has 9 heteroatoms. The molecule has 0 aromatic heterocycles. The number of hydrogen-bond donors (Lipinski definition) is 2. The lowest BCUT2D eigenvalue weighted by Gasteiger charge is -2.26. The Labute approximate surface area is 193 Å². The third kappa shape index (κ3) is 4.99. The van der Waals surface area contributed by atoms with Crippen LogP contribution in [-0.4, -0.2) is 30.4 Å². The van der Waals surface area contributed by atoms with Gasteiger partial charge in [0.05, 0.1) is 5.69 Å². The van der Waals surface area contributed by atoms with Crippen LogP contribution in [0.15, 0.2) is 84.4 Å². The van der Waals surface area contributed by atoms with E-state index in [2.05, 4.69) is 10.6 Å². The monoisotopic (exact) mass is 459 g/mol. The van der Waals surface area contributed by atoms with Crippen molar-refractivity contribution in [3.8, 4) is 5.75 Å². The van der Waals surface area contributed by atoms with E-state index in [1.165, 1.54) is 30.3 Å². The largest absolute Gasteiger partial charge is 0.483 e. The first-order valence-corrected chi connectivity index (χ1v) is 10.2. The van der Waals surface area contributed by atoms with Gasteiger partial charge in [-0.3, -0.25) is 19.7 Å². The highest BCUT2D eigenvalue weighted by molar-refractivity contribution is 6.39. The zero-order chi connectivity index (χ0) is 24.1. The van der Waals surface area contributed by atoms with Gasteiger partial charge in [-0.2, -0.15) is 0 Å². The van der Waals surface area contributed by atoms with Crippen LogP contribution in [0.4, 0.5) is 20.6 Å². The molecule has 1 aliphatic rings. The molecule has 4 rings (SSSR count). The lowest BCUT2D eigenvalue weighted by atomic mass is 10.1. The minimum Gasteiger partial charge on any atom is -0.483 e. The Kier molecular flexibility index (Phi) is 6.45. The fourth-order valence-corrected chi connectivity index (χ4v) is 3.23. The van der Waals surface area contributed by atoms with Gasteiger partial charge >= 0.3 is 6.03 Å². The van der Waals surface area contributed by atoms with E-state index in [1.807, 2.05) is 0 Å². The van der Waals surface area contributed by atoms with E-state index in [0.29, 0.717) is 16.9 Å². The molecular weight excluding hydrogens is 441 g/mol. The fraction of sp³-hybridized carbons (Fsp3) is 0.0400. The predicted octanol–water partition coefficient (Wildman–Crippen LogP) is 3.51. The van der Waals surface area contributed by atoms with Gasteiger partial charge in [0.2, 0.25) is 0 Å². The van der Waals surface area contributed by atoms with Gasteiger partial charge < -0.3 is 10.1 Å². The van der Waals surface area contributed by atoms with Crippen LogP contribution in [-0.2, 0) is 14.4 Å². The molecule has 3 aromatic carbocycles. The number of imide groups is 2. The smallest absolute Gasteiger partial charge is 0.335 e. The number of urea groups is 1. The highest BCUT2D eigenvalue weighted by Gasteiger charge is 2.36. The minimum atomic E-state index is -0.847. The quantitative estimate of drug-likeness (QED) is 0.434. The summed E-state index contributed by atoms with van der Waals surface area (Å²) in [7, 11) is 0. The Bertz CT molecular complexity index is 1290. The van der Waals surface area contributed by atoms with Crippen LogP contribution >= 0.6 is 0 Å². The van der Waals surface area contributed by atoms with Gasteiger partial charge in [0.1, 0.15) is 17.1 Å². The Morgan fingerprint density at radius 1 is 0.941 bits per heavy atom. The molecule has 1 aliphatic heterocycles. The van der Waals surface area contributed by atoms with Crippen LogP contribution in [0.2, 0.25) is 0 Å². The summed E-state index contributed by atoms with van der Waals surface area (Å²) in [6, 6.07) is 19.1. The van der Waals surface area contributed by atoms with Crippen LogP contribution in [0.1, 0.15) is 5.56 Å². The highest BCUT2D eigenvalue weighted by atomic mass is 19.1. The van der Waals surface area contributed by atoms with Crippen molar-refractivity contribution in [3.05, 3.63) is 95.8 Å². The summed E-state index contributed by atoms with van der Waals surface area (Å²) in [5.41, 5.74) is 0.805. The maximum absolute atomic E-state index is 13.0. The molecule has 0 bridgehead atoms. The van der Waals surface area contributed by atoms with Gasteiger partial charge in [-0.05, 0) is 48.5 Å². The first-order valence-electron chi connectivity index (χ1n) is 10.2. The Balaban J connectivity index is 1.53. The van der Waals surface area contributed by atoms with Crippen LogP contribution in [0.5, 0.6) is 5.75 Å². The van der Waals surface area contributed by atoms with Gasteiger partial charge in [-0.1, -0.05) is 36.4 Å². The number of barbiturate groups is 1. The van der Waals surface area contributed by atoms with Gasteiger partial charge in [-0.15, -0.1) is 0 Å². The van der Waals surface area contributed by atoms with Crippen LogP contribution in [0.25, 0.3) is 6.08 Å². The number of carbonyl (C=O) groups is 4. The molecule has 1 fully saturated rings. The average Bonchev–Trinajstić information content (AvgIpc) is 2.83. The van der Waals surface area contributed by atoms with Gasteiger partial charge in [0.25, 0.3) is 17.7 Å². The predicted molar refractivity (Wildman–Crippen MR) is 122 cm³/mol. The highest BCUT2D eigenvalue weighted by Crippen LogP contribution is 2.25. The number of nitrogens with one attached hydrogen (secondary N) is 2. The van der Waals surface area contributed by atoms with Crippen molar-refractivity contribution in [1.82, 2.24) is 5.32 Å². The first kappa shape index (κ1) is 22.4. The molecule has 0 radical (unpaired) electrons. The number of ether oxygens (including phenoxy) is 1. The summed E-state index contributed by atoms with van der Waals surface area (Å²) >= 11 is 0. The molecule has 0 spiro atoms. The standard InChI is InChI=1S/C25H18FN3O5/c26-17-10-12-18(13-11-17)27-22(30)15-34-21-9-5-4-6-16(21)14-20-23(31)28-25(33)29(24(20)32)19-7-2-1-3-8-19/h1-14H,15H2,(H,27,30)(H,28,31,33). The van der Waals surface area contributed by atoms with Crippen molar-refractivity contribution < 1.29 is 28.3 Å². The second kappa shape index (κ2) is 9.78. The summed E-state index contributed by atoms with van der Waals surface area (Å²) in [6.07, 6.45) is 1.30. The number of para-hydroxylation sites is 2. The van der Waals surface area contributed by atoms with Crippen molar-refractivity contribution in [1.29, 1.82) is 0 Å². The Morgan fingerprint density at radius 2 is 1.62 bits per heavy atom. The van der Waals surface area contributed by atoms with Gasteiger partial charge in [0.15, 0.2) is 6.61 Å². The maximum Gasteiger partial charge on any atom is 0.335 e. The lowest BCUT2D eigenvalue weighted by molar-refractivity contribution is -0.122. The Morgan fingerprint density at radius 3 is 2.35 bits per heavy atom. The van der Waals surface area contributed by atoms with E-state index in [-0.39, 0.29) is 17.9 Å². The number of nitrogens with zero attached hydrogens (tertiary/aromatic N) is 1. The molecule has 3 aromatic rings. The molecule has 1 heterocycles. The summed E-state index contributed by atoms with van der Waals surface area (Å²) in [5.74, 6) is -2.30. The average molecular weight is 459 g/mol. The number of carbonyl (C=O) groups excluding carboxylic acids is 4. The van der Waals surface area contributed by atoms with Crippen molar-refractivity contribution >= 4 is 41.2 Å². The number of amides is 5. The molecule has 0 saturated carbocycles. The molecule has 1 saturated heterocycles. The van der Waals surface area contributed by atoms with Crippen molar-refractivity contribution in [2.45, 2.75) is 0 Å². The number of rotatable bonds is 6. The van der Waals surface area contributed by atoms with E-state index in [9.17, 15) is 23.6 Å². The minimum absolute atomic E-state index is 0.244. The van der Waals surface area contributed by atoms with Crippen LogP contribution < -0.4 is 20.3 Å². The molecule has 170 valence electrons. The number of benzene rings is 3. The van der Waals surface area contributed by atoms with Crippen molar-refractivity contribution in [3.63, 3.8) is 0 Å². The number of hydrogen-bond acceptors (Lipinski definition) is 5. The maximum atomic E-state index is 13.0.